The van der Waals surface area contributed by atoms with Crippen LogP contribution in [-0.2, 0) is 24.3 Å². The Morgan fingerprint density at radius 2 is 1.97 bits per heavy atom. The number of nitrogens with zero attached hydrogens (tertiary/aromatic N) is 2. The number of anilines is 1. The van der Waals surface area contributed by atoms with Crippen LogP contribution >= 0.6 is 11.6 Å². The van der Waals surface area contributed by atoms with Crippen molar-refractivity contribution in [1.29, 1.82) is 0 Å². The van der Waals surface area contributed by atoms with Crippen LogP contribution in [0.15, 0.2) is 23.1 Å². The molecule has 12 heteroatoms. The second-order valence-corrected chi connectivity index (χ2v) is 10.1. The quantitative estimate of drug-likeness (QED) is 0.575. The summed E-state index contributed by atoms with van der Waals surface area (Å²) in [6.45, 7) is 4.42. The molecule has 2 heterocycles. The third-order valence-electron chi connectivity index (χ3n) is 4.94. The van der Waals surface area contributed by atoms with Gasteiger partial charge in [0.05, 0.1) is 28.8 Å². The van der Waals surface area contributed by atoms with Crippen molar-refractivity contribution < 1.29 is 27.5 Å². The van der Waals surface area contributed by atoms with Crippen LogP contribution < -0.4 is 10.6 Å². The Balaban J connectivity index is 1.71. The first-order valence-corrected chi connectivity index (χ1v) is 11.7. The molecule has 0 unspecified atom stereocenters. The van der Waals surface area contributed by atoms with Gasteiger partial charge in [-0.25, -0.2) is 13.2 Å². The first-order valence-electron chi connectivity index (χ1n) is 9.88. The minimum absolute atomic E-state index is 0.0268. The zero-order valence-corrected chi connectivity index (χ0v) is 18.8. The van der Waals surface area contributed by atoms with Gasteiger partial charge in [-0.2, -0.15) is 4.31 Å². The first-order chi connectivity index (χ1) is 14.6. The molecule has 2 fully saturated rings. The standard InChI is InChI=1S/C19H25ClN4O6S/c1-12(2)9-16-18(26)24(19(27)22-16)11-17(25)21-15-10-13(3-4-14(15)20)31(28,29)23-5-7-30-8-6-23/h3-4,10,12,16H,5-9,11H2,1-2H3,(H,21,25)(H,22,27)/t16-/m1/s1. The van der Waals surface area contributed by atoms with Crippen LogP contribution in [0, 0.1) is 5.92 Å². The van der Waals surface area contributed by atoms with Crippen molar-refractivity contribution in [1.82, 2.24) is 14.5 Å². The molecule has 2 N–H and O–H groups in total. The molecule has 0 aromatic heterocycles. The lowest BCUT2D eigenvalue weighted by molar-refractivity contribution is -0.131. The van der Waals surface area contributed by atoms with E-state index in [0.717, 1.165) is 4.90 Å². The van der Waals surface area contributed by atoms with E-state index in [-0.39, 0.29) is 34.6 Å². The van der Waals surface area contributed by atoms with Crippen LogP contribution in [0.5, 0.6) is 0 Å². The predicted octanol–water partition coefficient (Wildman–Crippen LogP) is 1.27. The van der Waals surface area contributed by atoms with Gasteiger partial charge in [0.1, 0.15) is 12.6 Å². The number of halogens is 1. The van der Waals surface area contributed by atoms with Crippen molar-refractivity contribution in [3.63, 3.8) is 0 Å². The van der Waals surface area contributed by atoms with E-state index in [2.05, 4.69) is 10.6 Å². The fourth-order valence-electron chi connectivity index (χ4n) is 3.39. The molecule has 0 aliphatic carbocycles. The number of carbonyl (C=O) groups excluding carboxylic acids is 3. The van der Waals surface area contributed by atoms with Gasteiger partial charge in [0, 0.05) is 13.1 Å². The molecule has 1 aromatic carbocycles. The van der Waals surface area contributed by atoms with Gasteiger partial charge in [0.15, 0.2) is 0 Å². The van der Waals surface area contributed by atoms with E-state index >= 15 is 0 Å². The number of sulfonamides is 1. The Morgan fingerprint density at radius 1 is 1.29 bits per heavy atom. The maximum atomic E-state index is 12.8. The Bertz CT molecular complexity index is 978. The molecule has 31 heavy (non-hydrogen) atoms. The van der Waals surface area contributed by atoms with Crippen molar-refractivity contribution in [3.05, 3.63) is 23.2 Å². The highest BCUT2D eigenvalue weighted by molar-refractivity contribution is 7.89. The van der Waals surface area contributed by atoms with E-state index in [1.165, 1.54) is 22.5 Å². The number of nitrogens with one attached hydrogen (secondary N) is 2. The summed E-state index contributed by atoms with van der Waals surface area (Å²) in [7, 11) is -3.78. The summed E-state index contributed by atoms with van der Waals surface area (Å²) in [5.41, 5.74) is 0.0757. The van der Waals surface area contributed by atoms with E-state index < -0.39 is 40.5 Å². The van der Waals surface area contributed by atoms with Crippen molar-refractivity contribution >= 4 is 45.2 Å². The number of imide groups is 1. The summed E-state index contributed by atoms with van der Waals surface area (Å²) >= 11 is 6.13. The van der Waals surface area contributed by atoms with E-state index in [1.54, 1.807) is 0 Å². The lowest BCUT2D eigenvalue weighted by Crippen LogP contribution is -2.40. The second kappa shape index (κ2) is 9.51. The first kappa shape index (κ1) is 23.5. The third kappa shape index (κ3) is 5.35. The summed E-state index contributed by atoms with van der Waals surface area (Å²) in [5, 5.41) is 5.19. The summed E-state index contributed by atoms with van der Waals surface area (Å²) in [6.07, 6.45) is 0.468. The summed E-state index contributed by atoms with van der Waals surface area (Å²) in [5.74, 6) is -0.946. The minimum atomic E-state index is -3.78. The molecule has 0 bridgehead atoms. The van der Waals surface area contributed by atoms with Crippen LogP contribution in [0.4, 0.5) is 10.5 Å². The summed E-state index contributed by atoms with van der Waals surface area (Å²) in [4.78, 5) is 37.8. The van der Waals surface area contributed by atoms with Crippen LogP contribution in [0.2, 0.25) is 5.02 Å². The number of ether oxygens (including phenoxy) is 1. The van der Waals surface area contributed by atoms with Gasteiger partial charge in [-0.3, -0.25) is 14.5 Å². The molecule has 1 aromatic rings. The highest BCUT2D eigenvalue weighted by Gasteiger charge is 2.39. The Kier molecular flexibility index (Phi) is 7.20. The number of carbonyl (C=O) groups is 3. The van der Waals surface area contributed by atoms with Gasteiger partial charge in [0.2, 0.25) is 15.9 Å². The molecule has 0 spiro atoms. The number of hydrogen-bond acceptors (Lipinski definition) is 6. The molecule has 4 amide bonds. The maximum Gasteiger partial charge on any atom is 0.325 e. The molecule has 0 radical (unpaired) electrons. The third-order valence-corrected chi connectivity index (χ3v) is 7.16. The average Bonchev–Trinajstić information content (AvgIpc) is 2.97. The van der Waals surface area contributed by atoms with Gasteiger partial charge in [-0.05, 0) is 30.5 Å². The fraction of sp³-hybridized carbons (Fsp3) is 0.526. The normalized spacial score (nSPS) is 20.3. The van der Waals surface area contributed by atoms with Gasteiger partial charge < -0.3 is 15.4 Å². The molecule has 2 aliphatic rings. The lowest BCUT2D eigenvalue weighted by Gasteiger charge is -2.26. The van der Waals surface area contributed by atoms with Crippen molar-refractivity contribution in [3.8, 4) is 0 Å². The molecule has 0 saturated carbocycles. The van der Waals surface area contributed by atoms with Crippen molar-refractivity contribution in [2.24, 2.45) is 5.92 Å². The minimum Gasteiger partial charge on any atom is -0.379 e. The van der Waals surface area contributed by atoms with E-state index in [9.17, 15) is 22.8 Å². The smallest absolute Gasteiger partial charge is 0.325 e. The van der Waals surface area contributed by atoms with Crippen LogP contribution in [0.25, 0.3) is 0 Å². The van der Waals surface area contributed by atoms with Crippen LogP contribution in [-0.4, -0.2) is 74.4 Å². The molecule has 1 atom stereocenters. The Morgan fingerprint density at radius 3 is 2.61 bits per heavy atom. The lowest BCUT2D eigenvalue weighted by atomic mass is 10.0. The van der Waals surface area contributed by atoms with E-state index in [1.807, 2.05) is 13.8 Å². The van der Waals surface area contributed by atoms with Crippen molar-refractivity contribution in [2.45, 2.75) is 31.2 Å². The Hall–Kier alpha value is -2.21. The van der Waals surface area contributed by atoms with Gasteiger partial charge in [-0.15, -0.1) is 0 Å². The molecule has 3 rings (SSSR count). The number of rotatable bonds is 7. The number of urea groups is 1. The summed E-state index contributed by atoms with van der Waals surface area (Å²) < 4.78 is 32.2. The summed E-state index contributed by atoms with van der Waals surface area (Å²) in [6, 6.07) is 2.69. The van der Waals surface area contributed by atoms with Crippen LogP contribution in [0.1, 0.15) is 20.3 Å². The highest BCUT2D eigenvalue weighted by atomic mass is 35.5. The average molecular weight is 473 g/mol. The molecular weight excluding hydrogens is 448 g/mol. The Labute approximate surface area is 185 Å². The number of morpholine rings is 1. The number of hydrogen-bond donors (Lipinski definition) is 2. The van der Waals surface area contributed by atoms with Gasteiger partial charge >= 0.3 is 6.03 Å². The zero-order chi connectivity index (χ0) is 22.8. The second-order valence-electron chi connectivity index (χ2n) is 7.76. The van der Waals surface area contributed by atoms with E-state index in [4.69, 9.17) is 16.3 Å². The fourth-order valence-corrected chi connectivity index (χ4v) is 4.99. The number of benzene rings is 1. The van der Waals surface area contributed by atoms with Gasteiger partial charge in [-0.1, -0.05) is 25.4 Å². The van der Waals surface area contributed by atoms with Crippen LogP contribution in [0.3, 0.4) is 0 Å². The van der Waals surface area contributed by atoms with E-state index in [0.29, 0.717) is 19.6 Å². The largest absolute Gasteiger partial charge is 0.379 e. The number of amides is 4. The molecule has 170 valence electrons. The monoisotopic (exact) mass is 472 g/mol. The maximum absolute atomic E-state index is 12.8. The topological polar surface area (TPSA) is 125 Å². The molecular formula is C19H25ClN4O6S. The molecule has 10 nitrogen and oxygen atoms in total. The van der Waals surface area contributed by atoms with Gasteiger partial charge in [0.25, 0.3) is 5.91 Å². The predicted molar refractivity (Wildman–Crippen MR) is 113 cm³/mol. The molecule has 2 aliphatic heterocycles. The van der Waals surface area contributed by atoms with Crippen molar-refractivity contribution in [2.75, 3.05) is 38.2 Å². The SMILES string of the molecule is CC(C)C[C@H]1NC(=O)N(CC(=O)Nc2cc(S(=O)(=O)N3CCOCC3)ccc2Cl)C1=O. The molecule has 2 saturated heterocycles. The highest BCUT2D eigenvalue weighted by Crippen LogP contribution is 2.27. The zero-order valence-electron chi connectivity index (χ0n) is 17.3.